The Kier molecular flexibility index (Phi) is 3.92. The second-order valence-corrected chi connectivity index (χ2v) is 7.05. The first kappa shape index (κ1) is 14.8. The molecule has 114 valence electrons. The van der Waals surface area contributed by atoms with Crippen LogP contribution in [0.15, 0.2) is 22.7 Å². The number of nitro groups is 1. The first-order valence-corrected chi connectivity index (χ1v) is 8.20. The molecule has 1 saturated carbocycles. The van der Waals surface area contributed by atoms with Crippen molar-refractivity contribution in [2.75, 3.05) is 18.0 Å². The number of piperidine rings is 1. The Labute approximate surface area is 132 Å². The van der Waals surface area contributed by atoms with Crippen molar-refractivity contribution in [2.24, 2.45) is 5.92 Å². The maximum atomic E-state index is 11.2. The summed E-state index contributed by atoms with van der Waals surface area (Å²) in [6.45, 7) is 1.37. The number of hydrogen-bond acceptors (Lipinski definition) is 4. The van der Waals surface area contributed by atoms with Crippen LogP contribution in [0.3, 0.4) is 0 Å². The molecule has 0 bridgehead atoms. The monoisotopic (exact) mass is 354 g/mol. The summed E-state index contributed by atoms with van der Waals surface area (Å²) in [6.07, 6.45) is 4.80. The smallest absolute Gasteiger partial charge is 0.292 e. The highest BCUT2D eigenvalue weighted by molar-refractivity contribution is 9.10. The molecule has 0 aromatic heterocycles. The molecule has 1 N–H and O–H groups in total. The van der Waals surface area contributed by atoms with Gasteiger partial charge in [0.05, 0.1) is 10.5 Å². The first-order chi connectivity index (χ1) is 9.99. The fourth-order valence-corrected chi connectivity index (χ4v) is 4.04. The average molecular weight is 355 g/mol. The van der Waals surface area contributed by atoms with E-state index in [1.165, 1.54) is 0 Å². The van der Waals surface area contributed by atoms with E-state index < -0.39 is 5.60 Å². The van der Waals surface area contributed by atoms with Crippen LogP contribution in [0.1, 0.15) is 32.1 Å². The quantitative estimate of drug-likeness (QED) is 0.652. The number of anilines is 1. The van der Waals surface area contributed by atoms with Crippen molar-refractivity contribution in [1.29, 1.82) is 0 Å². The summed E-state index contributed by atoms with van der Waals surface area (Å²) >= 11 is 3.39. The molecule has 1 heterocycles. The molecule has 0 radical (unpaired) electrons. The highest BCUT2D eigenvalue weighted by Gasteiger charge is 2.43. The summed E-state index contributed by atoms with van der Waals surface area (Å²) in [4.78, 5) is 13.0. The highest BCUT2D eigenvalue weighted by atomic mass is 79.9. The molecule has 0 spiro atoms. The molecule has 1 aliphatic carbocycles. The van der Waals surface area contributed by atoms with Crippen molar-refractivity contribution in [3.63, 3.8) is 0 Å². The van der Waals surface area contributed by atoms with Crippen molar-refractivity contribution >= 4 is 27.3 Å². The van der Waals surface area contributed by atoms with Gasteiger partial charge in [-0.25, -0.2) is 0 Å². The van der Waals surface area contributed by atoms with Crippen molar-refractivity contribution in [1.82, 2.24) is 0 Å². The molecule has 0 amide bonds. The van der Waals surface area contributed by atoms with Crippen LogP contribution in [0.5, 0.6) is 0 Å². The zero-order valence-electron chi connectivity index (χ0n) is 11.8. The number of nitro benzene ring substituents is 1. The molecule has 1 aromatic rings. The Morgan fingerprint density at radius 3 is 2.95 bits per heavy atom. The Morgan fingerprint density at radius 1 is 1.38 bits per heavy atom. The fourth-order valence-electron chi connectivity index (χ4n) is 3.69. The SMILES string of the molecule is O=[N+]([O-])c1ccc(Br)cc1N1CCC2(O)CCCCC2C1. The normalized spacial score (nSPS) is 29.0. The lowest BCUT2D eigenvalue weighted by Crippen LogP contribution is -2.53. The van der Waals surface area contributed by atoms with Crippen LogP contribution < -0.4 is 4.90 Å². The standard InChI is InChI=1S/C15H19BrN2O3/c16-12-4-5-13(18(20)21)14(9-12)17-8-7-15(19)6-2-1-3-11(15)10-17/h4-5,9,11,19H,1-3,6-8,10H2. The van der Waals surface area contributed by atoms with Crippen LogP contribution in [0.4, 0.5) is 11.4 Å². The van der Waals surface area contributed by atoms with Crippen LogP contribution in [-0.2, 0) is 0 Å². The lowest BCUT2D eigenvalue weighted by atomic mass is 9.71. The summed E-state index contributed by atoms with van der Waals surface area (Å²) in [6, 6.07) is 5.05. The maximum absolute atomic E-state index is 11.2. The number of hydrogen-bond donors (Lipinski definition) is 1. The minimum atomic E-state index is -0.560. The molecule has 21 heavy (non-hydrogen) atoms. The van der Waals surface area contributed by atoms with Gasteiger partial charge in [0.1, 0.15) is 5.69 Å². The second-order valence-electron chi connectivity index (χ2n) is 6.13. The Morgan fingerprint density at radius 2 is 2.19 bits per heavy atom. The number of aliphatic hydroxyl groups is 1. The van der Waals surface area contributed by atoms with Crippen molar-refractivity contribution in [3.05, 3.63) is 32.8 Å². The summed E-state index contributed by atoms with van der Waals surface area (Å²) < 4.78 is 0.840. The van der Waals surface area contributed by atoms with Gasteiger partial charge in [-0.1, -0.05) is 28.8 Å². The predicted octanol–water partition coefficient (Wildman–Crippen LogP) is 3.49. The zero-order valence-corrected chi connectivity index (χ0v) is 13.4. The van der Waals surface area contributed by atoms with Crippen molar-refractivity contribution < 1.29 is 10.0 Å². The summed E-state index contributed by atoms with van der Waals surface area (Å²) in [7, 11) is 0. The van der Waals surface area contributed by atoms with Gasteiger partial charge < -0.3 is 10.0 Å². The summed E-state index contributed by atoms with van der Waals surface area (Å²) in [5, 5.41) is 22.0. The van der Waals surface area contributed by atoms with Gasteiger partial charge in [0, 0.05) is 29.5 Å². The van der Waals surface area contributed by atoms with E-state index in [4.69, 9.17) is 0 Å². The van der Waals surface area contributed by atoms with E-state index >= 15 is 0 Å². The molecule has 2 atom stereocenters. The van der Waals surface area contributed by atoms with Crippen molar-refractivity contribution in [2.45, 2.75) is 37.7 Å². The van der Waals surface area contributed by atoms with Gasteiger partial charge >= 0.3 is 0 Å². The molecule has 1 saturated heterocycles. The predicted molar refractivity (Wildman–Crippen MR) is 84.5 cm³/mol. The molecule has 1 aromatic carbocycles. The molecular weight excluding hydrogens is 336 g/mol. The van der Waals surface area contributed by atoms with Crippen molar-refractivity contribution in [3.8, 4) is 0 Å². The highest BCUT2D eigenvalue weighted by Crippen LogP contribution is 2.42. The number of rotatable bonds is 2. The first-order valence-electron chi connectivity index (χ1n) is 7.41. The molecule has 2 aliphatic rings. The molecule has 2 fully saturated rings. The van der Waals surface area contributed by atoms with Crippen LogP contribution in [-0.4, -0.2) is 28.7 Å². The number of nitrogens with zero attached hydrogens (tertiary/aromatic N) is 2. The zero-order chi connectivity index (χ0) is 15.0. The van der Waals surface area contributed by atoms with Gasteiger partial charge in [-0.2, -0.15) is 0 Å². The molecule has 6 heteroatoms. The fraction of sp³-hybridized carbons (Fsp3) is 0.600. The molecule has 5 nitrogen and oxygen atoms in total. The van der Waals surface area contributed by atoms with E-state index in [9.17, 15) is 15.2 Å². The molecular formula is C15H19BrN2O3. The minimum Gasteiger partial charge on any atom is -0.389 e. The topological polar surface area (TPSA) is 66.6 Å². The summed E-state index contributed by atoms with van der Waals surface area (Å²) in [5.41, 5.74) is 0.233. The maximum Gasteiger partial charge on any atom is 0.292 e. The molecule has 3 rings (SSSR count). The van der Waals surface area contributed by atoms with E-state index in [0.29, 0.717) is 25.2 Å². The largest absolute Gasteiger partial charge is 0.389 e. The van der Waals surface area contributed by atoms with Gasteiger partial charge in [-0.15, -0.1) is 0 Å². The van der Waals surface area contributed by atoms with Gasteiger partial charge in [0.15, 0.2) is 0 Å². The summed E-state index contributed by atoms with van der Waals surface area (Å²) in [5.74, 6) is 0.221. The Hall–Kier alpha value is -1.14. The van der Waals surface area contributed by atoms with Crippen LogP contribution in [0.25, 0.3) is 0 Å². The van der Waals surface area contributed by atoms with Gasteiger partial charge in [0.2, 0.25) is 0 Å². The Balaban J connectivity index is 1.88. The van der Waals surface area contributed by atoms with Crippen LogP contribution in [0, 0.1) is 16.0 Å². The number of halogens is 1. The third-order valence-corrected chi connectivity index (χ3v) is 5.40. The van der Waals surface area contributed by atoms with Crippen LogP contribution in [0.2, 0.25) is 0 Å². The van der Waals surface area contributed by atoms with Gasteiger partial charge in [-0.3, -0.25) is 10.1 Å². The van der Waals surface area contributed by atoms with Gasteiger partial charge in [0.25, 0.3) is 5.69 Å². The van der Waals surface area contributed by atoms with E-state index in [-0.39, 0.29) is 16.5 Å². The third kappa shape index (κ3) is 2.79. The van der Waals surface area contributed by atoms with E-state index in [2.05, 4.69) is 20.8 Å². The van der Waals surface area contributed by atoms with E-state index in [1.807, 2.05) is 6.07 Å². The van der Waals surface area contributed by atoms with Gasteiger partial charge in [-0.05, 0) is 31.4 Å². The third-order valence-electron chi connectivity index (χ3n) is 4.90. The number of benzene rings is 1. The van der Waals surface area contributed by atoms with E-state index in [1.54, 1.807) is 12.1 Å². The average Bonchev–Trinajstić information content (AvgIpc) is 2.45. The second kappa shape index (κ2) is 5.57. The molecule has 2 unspecified atom stereocenters. The molecule has 1 aliphatic heterocycles. The lowest BCUT2D eigenvalue weighted by molar-refractivity contribution is -0.384. The lowest BCUT2D eigenvalue weighted by Gasteiger charge is -2.48. The number of fused-ring (bicyclic) bond motifs is 1. The van der Waals surface area contributed by atoms with Crippen LogP contribution >= 0.6 is 15.9 Å². The van der Waals surface area contributed by atoms with E-state index in [0.717, 1.165) is 30.2 Å². The minimum absolute atomic E-state index is 0.138. The Bertz CT molecular complexity index is 566.